The van der Waals surface area contributed by atoms with E-state index in [1.54, 1.807) is 18.2 Å². The van der Waals surface area contributed by atoms with Crippen molar-refractivity contribution in [2.24, 2.45) is 5.16 Å². The number of nitrogens with zero attached hydrogens (tertiary/aromatic N) is 1. The third kappa shape index (κ3) is 8.36. The van der Waals surface area contributed by atoms with Gasteiger partial charge in [-0.25, -0.2) is 0 Å². The van der Waals surface area contributed by atoms with Crippen molar-refractivity contribution >= 4 is 17.3 Å². The maximum atomic E-state index is 11.2. The van der Waals surface area contributed by atoms with E-state index in [1.165, 1.54) is 13.4 Å². The van der Waals surface area contributed by atoms with Gasteiger partial charge in [-0.05, 0) is 35.4 Å². The summed E-state index contributed by atoms with van der Waals surface area (Å²) in [6, 6.07) is 24.6. The van der Waals surface area contributed by atoms with Gasteiger partial charge in [0.1, 0.15) is 44.1 Å². The molecule has 3 aromatic rings. The number of hydrogen-bond acceptors (Lipinski definition) is 6. The van der Waals surface area contributed by atoms with Crippen molar-refractivity contribution in [2.75, 3.05) is 20.3 Å². The minimum absolute atomic E-state index is 0.143. The number of oxime groups is 1. The van der Waals surface area contributed by atoms with Gasteiger partial charge in [-0.2, -0.15) is 0 Å². The summed E-state index contributed by atoms with van der Waals surface area (Å²) in [6.07, 6.45) is 2.91. The first kappa shape index (κ1) is 26.1. The zero-order chi connectivity index (χ0) is 25.6. The quantitative estimate of drug-likeness (QED) is 0.103. The van der Waals surface area contributed by atoms with Crippen LogP contribution >= 0.6 is 0 Å². The maximum absolute atomic E-state index is 11.2. The second-order valence-corrected chi connectivity index (χ2v) is 7.67. The number of benzene rings is 3. The van der Waals surface area contributed by atoms with Gasteiger partial charge in [0, 0.05) is 11.1 Å². The van der Waals surface area contributed by atoms with Gasteiger partial charge in [0.25, 0.3) is 0 Å². The minimum Gasteiger partial charge on any atom is -0.497 e. The van der Waals surface area contributed by atoms with Gasteiger partial charge in [-0.15, -0.1) is 0 Å². The molecule has 0 aromatic heterocycles. The molecule has 0 bridgehead atoms. The summed E-state index contributed by atoms with van der Waals surface area (Å²) in [5, 5.41) is 13.2. The number of rotatable bonds is 14. The molecule has 7 nitrogen and oxygen atoms in total. The van der Waals surface area contributed by atoms with E-state index in [2.05, 4.69) is 11.7 Å². The molecule has 0 spiro atoms. The Morgan fingerprint density at radius 2 is 1.58 bits per heavy atom. The van der Waals surface area contributed by atoms with Gasteiger partial charge in [-0.1, -0.05) is 72.4 Å². The van der Waals surface area contributed by atoms with Crippen molar-refractivity contribution in [3.8, 4) is 11.5 Å². The predicted molar refractivity (Wildman–Crippen MR) is 139 cm³/mol. The number of carboxylic acids is 1. The van der Waals surface area contributed by atoms with Gasteiger partial charge < -0.3 is 24.2 Å². The molecule has 0 saturated heterocycles. The average molecular weight is 488 g/mol. The fourth-order valence-corrected chi connectivity index (χ4v) is 3.26. The smallest absolute Gasteiger partial charge is 0.307 e. The van der Waals surface area contributed by atoms with E-state index in [0.717, 1.165) is 16.7 Å². The molecule has 0 amide bonds. The Morgan fingerprint density at radius 1 is 0.917 bits per heavy atom. The summed E-state index contributed by atoms with van der Waals surface area (Å²) in [6.45, 7) is 4.54. The van der Waals surface area contributed by atoms with Crippen LogP contribution in [-0.2, 0) is 21.0 Å². The second-order valence-electron chi connectivity index (χ2n) is 7.67. The molecule has 3 aromatic carbocycles. The van der Waals surface area contributed by atoms with Crippen molar-refractivity contribution in [2.45, 2.75) is 13.0 Å². The number of hydrogen-bond donors (Lipinski definition) is 1. The molecule has 36 heavy (non-hydrogen) atoms. The van der Waals surface area contributed by atoms with Crippen LogP contribution < -0.4 is 9.47 Å². The largest absolute Gasteiger partial charge is 0.497 e. The van der Waals surface area contributed by atoms with Crippen LogP contribution in [0, 0.1) is 0 Å². The van der Waals surface area contributed by atoms with E-state index in [0.29, 0.717) is 36.0 Å². The van der Waals surface area contributed by atoms with Crippen molar-refractivity contribution < 1.29 is 28.9 Å². The van der Waals surface area contributed by atoms with Gasteiger partial charge in [0.05, 0.1) is 12.7 Å². The molecule has 0 heterocycles. The van der Waals surface area contributed by atoms with Crippen molar-refractivity contribution in [3.63, 3.8) is 0 Å². The summed E-state index contributed by atoms with van der Waals surface area (Å²) in [5.74, 6) is 0.446. The van der Waals surface area contributed by atoms with Gasteiger partial charge >= 0.3 is 5.97 Å². The topological polar surface area (TPSA) is 86.6 Å². The number of carbonyl (C=O) groups is 1. The molecule has 0 fully saturated rings. The van der Waals surface area contributed by atoms with Crippen LogP contribution in [0.15, 0.2) is 103 Å². The van der Waals surface area contributed by atoms with Crippen molar-refractivity contribution in [3.05, 3.63) is 114 Å². The molecular weight excluding hydrogens is 458 g/mol. The molecule has 0 aliphatic carbocycles. The third-order valence-electron chi connectivity index (χ3n) is 5.02. The summed E-state index contributed by atoms with van der Waals surface area (Å²) in [5.41, 5.74) is 3.93. The molecule has 0 unspecified atom stereocenters. The van der Waals surface area contributed by atoms with E-state index in [1.807, 2.05) is 66.7 Å². The standard InChI is InChI=1S/C29H29NO6/c1-3-17-34-20-25(18-29(31)32)23-11-15-27(16-12-23)35-19-22-9-13-26(14-10-22)36-21-28(30-33-2)24-7-5-4-6-8-24/h3-16,20H,1,17-19,21H2,2H3,(H,31,32)/b25-20-,30-28+. The fourth-order valence-electron chi connectivity index (χ4n) is 3.26. The lowest BCUT2D eigenvalue weighted by molar-refractivity contribution is -0.135. The lowest BCUT2D eigenvalue weighted by Gasteiger charge is -2.11. The molecule has 7 heteroatoms. The normalized spacial score (nSPS) is 11.5. The summed E-state index contributed by atoms with van der Waals surface area (Å²) in [4.78, 5) is 16.1. The molecular formula is C29H29NO6. The van der Waals surface area contributed by atoms with Crippen molar-refractivity contribution in [1.29, 1.82) is 0 Å². The summed E-state index contributed by atoms with van der Waals surface area (Å²) in [7, 11) is 1.51. The van der Waals surface area contributed by atoms with Crippen LogP contribution in [0.1, 0.15) is 23.1 Å². The lowest BCUT2D eigenvalue weighted by Crippen LogP contribution is -2.13. The molecule has 0 radical (unpaired) electrons. The van der Waals surface area contributed by atoms with Crippen LogP contribution in [0.2, 0.25) is 0 Å². The fraction of sp³-hybridized carbons (Fsp3) is 0.172. The third-order valence-corrected chi connectivity index (χ3v) is 5.02. The lowest BCUT2D eigenvalue weighted by atomic mass is 10.0. The highest BCUT2D eigenvalue weighted by atomic mass is 16.6. The van der Waals surface area contributed by atoms with Crippen molar-refractivity contribution in [1.82, 2.24) is 0 Å². The molecule has 186 valence electrons. The molecule has 1 N–H and O–H groups in total. The molecule has 0 aliphatic heterocycles. The average Bonchev–Trinajstić information content (AvgIpc) is 2.90. The Labute approximate surface area is 210 Å². The SMILES string of the molecule is C=CCO/C=C(/CC(=O)O)c1ccc(OCc2ccc(OC/C(=N\OC)c3ccccc3)cc2)cc1. The highest BCUT2D eigenvalue weighted by Crippen LogP contribution is 2.23. The van der Waals surface area contributed by atoms with Gasteiger partial charge in [0.2, 0.25) is 0 Å². The molecule has 0 saturated carbocycles. The van der Waals surface area contributed by atoms with Crippen LogP contribution in [0.25, 0.3) is 5.57 Å². The number of aliphatic carboxylic acids is 1. The number of carboxylic acid groups (broad SMARTS) is 1. The minimum atomic E-state index is -0.932. The Kier molecular flexibility index (Phi) is 10.2. The predicted octanol–water partition coefficient (Wildman–Crippen LogP) is 5.71. The maximum Gasteiger partial charge on any atom is 0.307 e. The highest BCUT2D eigenvalue weighted by molar-refractivity contribution is 6.01. The monoisotopic (exact) mass is 487 g/mol. The first-order valence-electron chi connectivity index (χ1n) is 11.3. The van der Waals surface area contributed by atoms with Crippen LogP contribution in [0.5, 0.6) is 11.5 Å². The Morgan fingerprint density at radius 3 is 2.22 bits per heavy atom. The van der Waals surface area contributed by atoms with Crippen LogP contribution in [-0.4, -0.2) is 37.1 Å². The van der Waals surface area contributed by atoms with Crippen LogP contribution in [0.3, 0.4) is 0 Å². The first-order valence-corrected chi connectivity index (χ1v) is 11.3. The zero-order valence-electron chi connectivity index (χ0n) is 20.1. The molecule has 0 aliphatic rings. The Balaban J connectivity index is 1.54. The Hall–Kier alpha value is -4.52. The van der Waals surface area contributed by atoms with E-state index in [4.69, 9.17) is 24.2 Å². The summed E-state index contributed by atoms with van der Waals surface area (Å²) >= 11 is 0. The highest BCUT2D eigenvalue weighted by Gasteiger charge is 2.09. The first-order chi connectivity index (χ1) is 17.6. The number of ether oxygens (including phenoxy) is 3. The van der Waals surface area contributed by atoms with E-state index in [9.17, 15) is 4.79 Å². The molecule has 3 rings (SSSR count). The second kappa shape index (κ2) is 14.0. The van der Waals surface area contributed by atoms with Crippen LogP contribution in [0.4, 0.5) is 0 Å². The van der Waals surface area contributed by atoms with E-state index >= 15 is 0 Å². The van der Waals surface area contributed by atoms with Gasteiger partial charge in [0.15, 0.2) is 0 Å². The Bertz CT molecular complexity index is 1170. The van der Waals surface area contributed by atoms with Gasteiger partial charge in [-0.3, -0.25) is 4.79 Å². The molecule has 0 atom stereocenters. The zero-order valence-corrected chi connectivity index (χ0v) is 20.1. The summed E-state index contributed by atoms with van der Waals surface area (Å²) < 4.78 is 17.1. The van der Waals surface area contributed by atoms with E-state index in [-0.39, 0.29) is 13.0 Å². The van der Waals surface area contributed by atoms with E-state index < -0.39 is 5.97 Å².